The first-order valence-electron chi connectivity index (χ1n) is 13.3. The fourth-order valence-electron chi connectivity index (χ4n) is 3.02. The zero-order chi connectivity index (χ0) is 31.8. The van der Waals surface area contributed by atoms with E-state index < -0.39 is 60.0 Å². The minimum atomic E-state index is -1.36. The number of carbonyl (C=O) groups is 7. The van der Waals surface area contributed by atoms with E-state index in [-0.39, 0.29) is 31.7 Å². The SMILES string of the molecule is C=C.CC.CC(C)C(=O)[C@H](CCCNC(N)=O)NC(=O)[C@H](CC(N)=O)NC(=O)CCN1C(=O)C=CC1=O.CCC. The Morgan fingerprint density at radius 2 is 1.43 bits per heavy atom. The maximum absolute atomic E-state index is 12.8. The molecule has 0 aromatic rings. The van der Waals surface area contributed by atoms with Gasteiger partial charge in [0.05, 0.1) is 12.5 Å². The minimum Gasteiger partial charge on any atom is -0.370 e. The minimum absolute atomic E-state index is 0.187. The molecule has 0 unspecified atom stereocenters. The van der Waals surface area contributed by atoms with E-state index in [1.807, 2.05) is 13.8 Å². The van der Waals surface area contributed by atoms with Crippen LogP contribution in [-0.4, -0.2) is 71.4 Å². The Kier molecular flexibility index (Phi) is 24.3. The van der Waals surface area contributed by atoms with E-state index in [1.54, 1.807) is 13.8 Å². The van der Waals surface area contributed by atoms with Crippen LogP contribution < -0.4 is 27.4 Å². The Bertz CT molecular complexity index is 855. The van der Waals surface area contributed by atoms with Crippen LogP contribution in [0.5, 0.6) is 0 Å². The number of Topliss-reactive ketones (excluding diaryl/α,β-unsaturated/α-hetero) is 1. The van der Waals surface area contributed by atoms with Crippen molar-refractivity contribution in [2.45, 2.75) is 85.7 Å². The molecule has 0 aromatic heterocycles. The van der Waals surface area contributed by atoms with E-state index in [0.29, 0.717) is 6.42 Å². The first-order valence-corrected chi connectivity index (χ1v) is 13.3. The number of carbonyl (C=O) groups excluding carboxylic acids is 7. The van der Waals surface area contributed by atoms with E-state index in [1.165, 1.54) is 6.42 Å². The number of nitrogens with zero attached hydrogens (tertiary/aromatic N) is 1. The molecule has 2 atom stereocenters. The third-order valence-electron chi connectivity index (χ3n) is 4.72. The molecule has 1 aliphatic heterocycles. The molecule has 13 heteroatoms. The topological polar surface area (TPSA) is 211 Å². The average molecular weight is 569 g/mol. The summed E-state index contributed by atoms with van der Waals surface area (Å²) in [5.41, 5.74) is 10.2. The van der Waals surface area contributed by atoms with Crippen LogP contribution in [0, 0.1) is 5.92 Å². The largest absolute Gasteiger partial charge is 0.370 e. The van der Waals surface area contributed by atoms with Gasteiger partial charge in [0.2, 0.25) is 17.7 Å². The summed E-state index contributed by atoms with van der Waals surface area (Å²) in [4.78, 5) is 83.7. The smallest absolute Gasteiger partial charge is 0.312 e. The van der Waals surface area contributed by atoms with Gasteiger partial charge >= 0.3 is 6.03 Å². The summed E-state index contributed by atoms with van der Waals surface area (Å²) in [6, 6.07) is -3.00. The van der Waals surface area contributed by atoms with Gasteiger partial charge in [0.15, 0.2) is 5.78 Å². The number of nitrogens with one attached hydrogen (secondary N) is 3. The first kappa shape index (κ1) is 40.5. The van der Waals surface area contributed by atoms with Crippen molar-refractivity contribution in [3.8, 4) is 0 Å². The van der Waals surface area contributed by atoms with Gasteiger partial charge < -0.3 is 27.4 Å². The predicted molar refractivity (Wildman–Crippen MR) is 153 cm³/mol. The Morgan fingerprint density at radius 1 is 0.925 bits per heavy atom. The molecule has 7 amide bonds. The van der Waals surface area contributed by atoms with Crippen LogP contribution in [0.2, 0.25) is 0 Å². The van der Waals surface area contributed by atoms with Crippen LogP contribution in [0.15, 0.2) is 25.3 Å². The van der Waals surface area contributed by atoms with E-state index in [2.05, 4.69) is 43.0 Å². The first-order chi connectivity index (χ1) is 18.8. The molecule has 228 valence electrons. The van der Waals surface area contributed by atoms with Crippen molar-refractivity contribution in [1.29, 1.82) is 0 Å². The quantitative estimate of drug-likeness (QED) is 0.117. The number of hydrogen-bond acceptors (Lipinski definition) is 7. The molecule has 0 saturated carbocycles. The van der Waals surface area contributed by atoms with Gasteiger partial charge in [0, 0.05) is 37.6 Å². The van der Waals surface area contributed by atoms with E-state index in [4.69, 9.17) is 11.5 Å². The summed E-state index contributed by atoms with van der Waals surface area (Å²) >= 11 is 0. The lowest BCUT2D eigenvalue weighted by molar-refractivity contribution is -0.137. The number of primary amides is 2. The number of amides is 7. The lowest BCUT2D eigenvalue weighted by Crippen LogP contribution is -2.53. The van der Waals surface area contributed by atoms with Crippen LogP contribution in [0.3, 0.4) is 0 Å². The molecule has 0 fully saturated rings. The Hall–Kier alpha value is -4.03. The normalized spacial score (nSPS) is 12.8. The number of nitrogens with two attached hydrogens (primary N) is 2. The molecule has 40 heavy (non-hydrogen) atoms. The monoisotopic (exact) mass is 568 g/mol. The molecule has 1 heterocycles. The molecule has 7 N–H and O–H groups in total. The molecule has 0 radical (unpaired) electrons. The number of urea groups is 1. The Morgan fingerprint density at radius 3 is 1.85 bits per heavy atom. The van der Waals surface area contributed by atoms with Crippen molar-refractivity contribution in [3.63, 3.8) is 0 Å². The van der Waals surface area contributed by atoms with Crippen LogP contribution in [0.4, 0.5) is 4.79 Å². The van der Waals surface area contributed by atoms with Crippen molar-refractivity contribution in [2.24, 2.45) is 17.4 Å². The van der Waals surface area contributed by atoms with Crippen molar-refractivity contribution in [3.05, 3.63) is 25.3 Å². The lowest BCUT2D eigenvalue weighted by Gasteiger charge is -2.24. The van der Waals surface area contributed by atoms with Gasteiger partial charge in [-0.15, -0.1) is 13.2 Å². The Balaban J connectivity index is -0.00000178. The van der Waals surface area contributed by atoms with E-state index in [9.17, 15) is 33.6 Å². The summed E-state index contributed by atoms with van der Waals surface area (Å²) in [6.07, 6.45) is 3.11. The summed E-state index contributed by atoms with van der Waals surface area (Å²) < 4.78 is 0. The van der Waals surface area contributed by atoms with Crippen molar-refractivity contribution in [1.82, 2.24) is 20.9 Å². The van der Waals surface area contributed by atoms with Gasteiger partial charge in [0.1, 0.15) is 6.04 Å². The molecule has 0 bridgehead atoms. The highest BCUT2D eigenvalue weighted by Gasteiger charge is 2.29. The number of rotatable bonds is 14. The van der Waals surface area contributed by atoms with Crippen LogP contribution >= 0.6 is 0 Å². The molecule has 0 aliphatic carbocycles. The summed E-state index contributed by atoms with van der Waals surface area (Å²) in [5.74, 6) is -4.14. The maximum Gasteiger partial charge on any atom is 0.312 e. The average Bonchev–Trinajstić information content (AvgIpc) is 3.22. The second-order valence-corrected chi connectivity index (χ2v) is 8.46. The fraction of sp³-hybridized carbons (Fsp3) is 0.593. The third kappa shape index (κ3) is 18.3. The zero-order valence-electron chi connectivity index (χ0n) is 24.7. The molecule has 13 nitrogen and oxygen atoms in total. The standard InChI is InChI=1S/C20H30N6O7.C3H8.C2H6.C2H4/c1-11(2)18(31)12(4-3-8-23-20(22)33)25-19(32)13(10-14(21)27)24-15(28)7-9-26-16(29)5-6-17(26)30;1-3-2;2*1-2/h5-6,11-13H,3-4,7-10H2,1-2H3,(H2,21,27)(H,24,28)(H,25,32)(H3,22,23,33);3H2,1-2H3;1-2H3;1-2H2/t12-,13-;;;/m0.../s1. The van der Waals surface area contributed by atoms with Crippen molar-refractivity contribution >= 4 is 41.4 Å². The highest BCUT2D eigenvalue weighted by Crippen LogP contribution is 2.08. The molecule has 1 rings (SSSR count). The number of imide groups is 1. The van der Waals surface area contributed by atoms with Crippen LogP contribution in [0.25, 0.3) is 0 Å². The van der Waals surface area contributed by atoms with Gasteiger partial charge in [-0.2, -0.15) is 0 Å². The lowest BCUT2D eigenvalue weighted by atomic mass is 9.97. The summed E-state index contributed by atoms with van der Waals surface area (Å²) in [7, 11) is 0. The molecule has 0 saturated heterocycles. The number of ketones is 1. The van der Waals surface area contributed by atoms with E-state index >= 15 is 0 Å². The molecule has 1 aliphatic rings. The van der Waals surface area contributed by atoms with Gasteiger partial charge in [-0.05, 0) is 12.8 Å². The highest BCUT2D eigenvalue weighted by molar-refractivity contribution is 6.13. The van der Waals surface area contributed by atoms with Gasteiger partial charge in [-0.25, -0.2) is 4.79 Å². The molecular weight excluding hydrogens is 520 g/mol. The number of hydrogen-bond donors (Lipinski definition) is 5. The highest BCUT2D eigenvalue weighted by atomic mass is 16.2. The summed E-state index contributed by atoms with van der Waals surface area (Å²) in [5, 5.41) is 7.26. The summed E-state index contributed by atoms with van der Waals surface area (Å²) in [6.45, 7) is 17.5. The fourth-order valence-corrected chi connectivity index (χ4v) is 3.02. The molecule has 0 aromatic carbocycles. The Labute approximate surface area is 237 Å². The van der Waals surface area contributed by atoms with Crippen LogP contribution in [0.1, 0.15) is 73.6 Å². The van der Waals surface area contributed by atoms with E-state index in [0.717, 1.165) is 17.1 Å². The second kappa shape index (κ2) is 24.0. The second-order valence-electron chi connectivity index (χ2n) is 8.46. The van der Waals surface area contributed by atoms with Gasteiger partial charge in [-0.1, -0.05) is 48.0 Å². The van der Waals surface area contributed by atoms with Crippen molar-refractivity contribution in [2.75, 3.05) is 13.1 Å². The van der Waals surface area contributed by atoms with Crippen molar-refractivity contribution < 1.29 is 33.6 Å². The van der Waals surface area contributed by atoms with Gasteiger partial charge in [0.25, 0.3) is 11.8 Å². The maximum atomic E-state index is 12.8. The zero-order valence-corrected chi connectivity index (χ0v) is 24.7. The molecular formula is C27H48N6O7. The molecule has 0 spiro atoms. The van der Waals surface area contributed by atoms with Gasteiger partial charge in [-0.3, -0.25) is 33.7 Å². The van der Waals surface area contributed by atoms with Crippen LogP contribution in [-0.2, 0) is 28.8 Å². The third-order valence-corrected chi connectivity index (χ3v) is 4.72. The predicted octanol–water partition coefficient (Wildman–Crippen LogP) is 1.06.